The van der Waals surface area contributed by atoms with E-state index in [4.69, 9.17) is 0 Å². The van der Waals surface area contributed by atoms with Gasteiger partial charge in [0.15, 0.2) is 0 Å². The zero-order chi connectivity index (χ0) is 14.2. The predicted molar refractivity (Wildman–Crippen MR) is 84.4 cm³/mol. The number of Topliss-reactive ketones (excluding diaryl/α,β-unsaturated/α-hetero) is 1. The van der Waals surface area contributed by atoms with E-state index in [-0.39, 0.29) is 12.0 Å². The number of hydrogen-bond donors (Lipinski definition) is 0. The first-order valence-electron chi connectivity index (χ1n) is 7.77. The van der Waals surface area contributed by atoms with Gasteiger partial charge in [0.25, 0.3) is 0 Å². The lowest BCUT2D eigenvalue weighted by molar-refractivity contribution is -0.130. The Kier molecular flexibility index (Phi) is 3.03. The average Bonchev–Trinajstić information content (AvgIpc) is 2.54. The highest BCUT2D eigenvalue weighted by molar-refractivity contribution is 5.88. The van der Waals surface area contributed by atoms with Crippen LogP contribution in [0, 0.1) is 5.92 Å². The smallest absolute Gasteiger partial charge is 0.138 e. The van der Waals surface area contributed by atoms with Crippen molar-refractivity contribution < 1.29 is 4.79 Å². The summed E-state index contributed by atoms with van der Waals surface area (Å²) in [4.78, 5) is 14.5. The fourth-order valence-electron chi connectivity index (χ4n) is 3.70. The second kappa shape index (κ2) is 5.03. The van der Waals surface area contributed by atoms with Crippen LogP contribution in [0.5, 0.6) is 0 Å². The van der Waals surface area contributed by atoms with Gasteiger partial charge >= 0.3 is 0 Å². The molecular formula is C19H19NO. The fraction of sp³-hybridized carbons (Fsp3) is 0.316. The maximum atomic E-state index is 12.1. The van der Waals surface area contributed by atoms with Crippen LogP contribution in [0.2, 0.25) is 0 Å². The Morgan fingerprint density at radius 3 is 2.38 bits per heavy atom. The SMILES string of the molecule is O=C1CC[C@H]1[C@H]1c2ccccc2CCN1c1ccccc1. The summed E-state index contributed by atoms with van der Waals surface area (Å²) in [7, 11) is 0. The summed E-state index contributed by atoms with van der Waals surface area (Å²) in [5.74, 6) is 0.601. The number of fused-ring (bicyclic) bond motifs is 1. The van der Waals surface area contributed by atoms with E-state index < -0.39 is 0 Å². The van der Waals surface area contributed by atoms with Crippen molar-refractivity contribution in [3.8, 4) is 0 Å². The highest BCUT2D eigenvalue weighted by atomic mass is 16.1. The van der Waals surface area contributed by atoms with E-state index in [1.54, 1.807) is 0 Å². The van der Waals surface area contributed by atoms with Gasteiger partial charge in [0.1, 0.15) is 5.78 Å². The molecule has 2 heteroatoms. The Morgan fingerprint density at radius 2 is 1.67 bits per heavy atom. The first kappa shape index (κ1) is 12.6. The van der Waals surface area contributed by atoms with Crippen molar-refractivity contribution in [1.82, 2.24) is 0 Å². The van der Waals surface area contributed by atoms with Crippen molar-refractivity contribution in [1.29, 1.82) is 0 Å². The Hall–Kier alpha value is -2.09. The van der Waals surface area contributed by atoms with Crippen molar-refractivity contribution in [2.24, 2.45) is 5.92 Å². The molecule has 0 radical (unpaired) electrons. The molecule has 21 heavy (non-hydrogen) atoms. The third kappa shape index (κ3) is 2.06. The van der Waals surface area contributed by atoms with E-state index in [9.17, 15) is 4.79 Å². The van der Waals surface area contributed by atoms with Gasteiger partial charge in [-0.1, -0.05) is 42.5 Å². The van der Waals surface area contributed by atoms with Gasteiger partial charge in [0, 0.05) is 24.6 Å². The van der Waals surface area contributed by atoms with Crippen LogP contribution in [0.15, 0.2) is 54.6 Å². The van der Waals surface area contributed by atoms with Crippen LogP contribution in [0.25, 0.3) is 0 Å². The third-order valence-corrected chi connectivity index (χ3v) is 4.92. The van der Waals surface area contributed by atoms with Crippen LogP contribution in [-0.2, 0) is 11.2 Å². The summed E-state index contributed by atoms with van der Waals surface area (Å²) < 4.78 is 0. The van der Waals surface area contributed by atoms with E-state index in [0.29, 0.717) is 5.78 Å². The zero-order valence-electron chi connectivity index (χ0n) is 12.0. The molecule has 1 aliphatic carbocycles. The molecule has 106 valence electrons. The standard InChI is InChI=1S/C19H19NO/c21-18-11-10-17(18)19-16-9-5-4-6-14(16)12-13-20(19)15-7-2-1-3-8-15/h1-9,17,19H,10-13H2/t17-,19-/m1/s1. The fourth-order valence-corrected chi connectivity index (χ4v) is 3.70. The Morgan fingerprint density at radius 1 is 0.905 bits per heavy atom. The quantitative estimate of drug-likeness (QED) is 0.833. The van der Waals surface area contributed by atoms with E-state index in [1.165, 1.54) is 16.8 Å². The van der Waals surface area contributed by atoms with Gasteiger partial charge in [-0.05, 0) is 36.1 Å². The van der Waals surface area contributed by atoms with Crippen LogP contribution in [0.1, 0.15) is 30.0 Å². The van der Waals surface area contributed by atoms with Crippen LogP contribution in [0.3, 0.4) is 0 Å². The van der Waals surface area contributed by atoms with E-state index in [1.807, 2.05) is 6.07 Å². The molecule has 0 amide bonds. The van der Waals surface area contributed by atoms with Gasteiger partial charge in [-0.3, -0.25) is 4.79 Å². The minimum absolute atomic E-state index is 0.173. The lowest BCUT2D eigenvalue weighted by atomic mass is 9.72. The molecule has 0 saturated heterocycles. The van der Waals surface area contributed by atoms with Gasteiger partial charge in [-0.15, -0.1) is 0 Å². The number of benzene rings is 2. The number of carbonyl (C=O) groups is 1. The molecule has 2 atom stereocenters. The maximum Gasteiger partial charge on any atom is 0.138 e. The molecule has 0 aromatic heterocycles. The van der Waals surface area contributed by atoms with Crippen molar-refractivity contribution in [2.75, 3.05) is 11.4 Å². The molecule has 1 fully saturated rings. The number of nitrogens with zero attached hydrogens (tertiary/aromatic N) is 1. The Balaban J connectivity index is 1.79. The van der Waals surface area contributed by atoms with Crippen molar-refractivity contribution in [2.45, 2.75) is 25.3 Å². The molecule has 1 aliphatic heterocycles. The van der Waals surface area contributed by atoms with E-state index in [0.717, 1.165) is 25.8 Å². The van der Waals surface area contributed by atoms with Crippen LogP contribution in [0.4, 0.5) is 5.69 Å². The minimum Gasteiger partial charge on any atom is -0.363 e. The highest BCUT2D eigenvalue weighted by Crippen LogP contribution is 2.44. The van der Waals surface area contributed by atoms with Crippen LogP contribution in [-0.4, -0.2) is 12.3 Å². The lowest BCUT2D eigenvalue weighted by Gasteiger charge is -2.45. The molecule has 0 N–H and O–H groups in total. The average molecular weight is 277 g/mol. The Labute approximate surface area is 125 Å². The van der Waals surface area contributed by atoms with Gasteiger partial charge in [-0.2, -0.15) is 0 Å². The van der Waals surface area contributed by atoms with Gasteiger partial charge < -0.3 is 4.90 Å². The summed E-state index contributed by atoms with van der Waals surface area (Å²) in [6, 6.07) is 19.4. The minimum atomic E-state index is 0.173. The molecule has 1 heterocycles. The molecule has 0 unspecified atom stereocenters. The summed E-state index contributed by atoms with van der Waals surface area (Å²) >= 11 is 0. The number of anilines is 1. The second-order valence-electron chi connectivity index (χ2n) is 6.03. The van der Waals surface area contributed by atoms with Crippen molar-refractivity contribution >= 4 is 11.5 Å². The first-order valence-corrected chi connectivity index (χ1v) is 7.77. The molecule has 0 spiro atoms. The summed E-state index contributed by atoms with van der Waals surface area (Å²) in [6.07, 6.45) is 2.84. The summed E-state index contributed by atoms with van der Waals surface area (Å²) in [5, 5.41) is 0. The van der Waals surface area contributed by atoms with Gasteiger partial charge in [0.2, 0.25) is 0 Å². The lowest BCUT2D eigenvalue weighted by Crippen LogP contribution is -2.45. The molecule has 2 aliphatic rings. The normalized spacial score (nSPS) is 24.4. The topological polar surface area (TPSA) is 20.3 Å². The molecule has 4 rings (SSSR count). The number of ketones is 1. The molecule has 0 bridgehead atoms. The Bertz CT molecular complexity index is 664. The number of carbonyl (C=O) groups excluding carboxylic acids is 1. The number of rotatable bonds is 2. The van der Waals surface area contributed by atoms with Crippen LogP contribution < -0.4 is 4.90 Å². The van der Waals surface area contributed by atoms with Crippen molar-refractivity contribution in [3.63, 3.8) is 0 Å². The van der Waals surface area contributed by atoms with Crippen LogP contribution >= 0.6 is 0 Å². The predicted octanol–water partition coefficient (Wildman–Crippen LogP) is 3.77. The van der Waals surface area contributed by atoms with E-state index in [2.05, 4.69) is 53.4 Å². The molecule has 2 aromatic rings. The number of para-hydroxylation sites is 1. The summed E-state index contributed by atoms with van der Waals surface area (Å²) in [5.41, 5.74) is 4.00. The third-order valence-electron chi connectivity index (χ3n) is 4.92. The summed E-state index contributed by atoms with van der Waals surface area (Å²) in [6.45, 7) is 0.996. The molecule has 2 aromatic carbocycles. The van der Waals surface area contributed by atoms with E-state index >= 15 is 0 Å². The molecular weight excluding hydrogens is 258 g/mol. The molecule has 2 nitrogen and oxygen atoms in total. The van der Waals surface area contributed by atoms with Gasteiger partial charge in [0.05, 0.1) is 6.04 Å². The zero-order valence-corrected chi connectivity index (χ0v) is 12.0. The second-order valence-corrected chi connectivity index (χ2v) is 6.03. The highest BCUT2D eigenvalue weighted by Gasteiger charge is 2.41. The monoisotopic (exact) mass is 277 g/mol. The molecule has 1 saturated carbocycles. The number of hydrogen-bond acceptors (Lipinski definition) is 2. The first-order chi connectivity index (χ1) is 10.3. The van der Waals surface area contributed by atoms with Gasteiger partial charge in [-0.25, -0.2) is 0 Å². The largest absolute Gasteiger partial charge is 0.363 e. The van der Waals surface area contributed by atoms with Crippen molar-refractivity contribution in [3.05, 3.63) is 65.7 Å². The maximum absolute atomic E-state index is 12.1.